The van der Waals surface area contributed by atoms with E-state index in [-0.39, 0.29) is 0 Å². The van der Waals surface area contributed by atoms with Crippen LogP contribution in [0.25, 0.3) is 0 Å². The van der Waals surface area contributed by atoms with E-state index >= 15 is 0 Å². The highest BCUT2D eigenvalue weighted by Gasteiger charge is 2.33. The molecule has 1 aromatic rings. The summed E-state index contributed by atoms with van der Waals surface area (Å²) in [5.41, 5.74) is 0.418. The van der Waals surface area contributed by atoms with Gasteiger partial charge < -0.3 is 14.8 Å². The van der Waals surface area contributed by atoms with Crippen molar-refractivity contribution in [3.8, 4) is 0 Å². The number of guanidine groups is 1. The molecule has 0 aliphatic carbocycles. The van der Waals surface area contributed by atoms with Gasteiger partial charge in [-0.2, -0.15) is 0 Å². The van der Waals surface area contributed by atoms with Crippen molar-refractivity contribution in [3.63, 3.8) is 0 Å². The van der Waals surface area contributed by atoms with Crippen molar-refractivity contribution in [1.82, 2.24) is 25.0 Å². The third-order valence-corrected chi connectivity index (χ3v) is 4.36. The van der Waals surface area contributed by atoms with E-state index in [1.165, 1.54) is 12.8 Å². The van der Waals surface area contributed by atoms with Crippen LogP contribution in [0, 0.1) is 5.41 Å². The molecule has 0 spiro atoms. The van der Waals surface area contributed by atoms with Crippen LogP contribution in [0.3, 0.4) is 0 Å². The molecular weight excluding hydrogens is 252 g/mol. The summed E-state index contributed by atoms with van der Waals surface area (Å²) in [5.74, 6) is 1.92. The Kier molecular flexibility index (Phi) is 4.62. The number of nitrogens with one attached hydrogen (secondary N) is 1. The predicted molar refractivity (Wildman–Crippen MR) is 80.5 cm³/mol. The molecule has 1 N–H and O–H groups in total. The Hall–Kier alpha value is -1.59. The highest BCUT2D eigenvalue weighted by Crippen LogP contribution is 2.32. The molecule has 1 aliphatic rings. The van der Waals surface area contributed by atoms with Crippen molar-refractivity contribution in [3.05, 3.63) is 12.2 Å². The molecule has 1 saturated heterocycles. The van der Waals surface area contributed by atoms with Crippen LogP contribution in [-0.2, 0) is 13.1 Å². The van der Waals surface area contributed by atoms with Gasteiger partial charge in [0.15, 0.2) is 11.8 Å². The number of aryl methyl sites for hydroxylation is 1. The Morgan fingerprint density at radius 1 is 1.50 bits per heavy atom. The Bertz CT molecular complexity index is 466. The van der Waals surface area contributed by atoms with Crippen molar-refractivity contribution in [1.29, 1.82) is 0 Å². The van der Waals surface area contributed by atoms with Gasteiger partial charge in [-0.1, -0.05) is 13.8 Å². The van der Waals surface area contributed by atoms with Gasteiger partial charge in [0.05, 0.1) is 6.54 Å². The first-order valence-electron chi connectivity index (χ1n) is 7.44. The van der Waals surface area contributed by atoms with Crippen molar-refractivity contribution < 1.29 is 0 Å². The molecule has 0 radical (unpaired) electrons. The van der Waals surface area contributed by atoms with Gasteiger partial charge in [-0.15, -0.1) is 10.2 Å². The maximum Gasteiger partial charge on any atom is 0.194 e. The van der Waals surface area contributed by atoms with Gasteiger partial charge in [0.2, 0.25) is 0 Å². The SMILES string of the molecule is CCn1cnnc1CNC(=NC)N1CCC(C)(CC)C1. The van der Waals surface area contributed by atoms with Crippen LogP contribution in [0.15, 0.2) is 11.3 Å². The maximum absolute atomic E-state index is 4.40. The fourth-order valence-corrected chi connectivity index (χ4v) is 2.66. The summed E-state index contributed by atoms with van der Waals surface area (Å²) in [5, 5.41) is 11.5. The number of aromatic nitrogens is 3. The molecule has 6 nitrogen and oxygen atoms in total. The summed E-state index contributed by atoms with van der Waals surface area (Å²) in [7, 11) is 1.84. The van der Waals surface area contributed by atoms with E-state index < -0.39 is 0 Å². The minimum atomic E-state index is 0.418. The molecule has 6 heteroatoms. The summed E-state index contributed by atoms with van der Waals surface area (Å²) in [4.78, 5) is 6.74. The smallest absolute Gasteiger partial charge is 0.194 e. The van der Waals surface area contributed by atoms with Crippen molar-refractivity contribution in [2.75, 3.05) is 20.1 Å². The number of aliphatic imine (C=N–C) groups is 1. The second kappa shape index (κ2) is 6.24. The Labute approximate surface area is 121 Å². The van der Waals surface area contributed by atoms with E-state index in [2.05, 4.69) is 46.2 Å². The molecule has 1 atom stereocenters. The summed E-state index contributed by atoms with van der Waals surface area (Å²) in [6.45, 7) is 10.4. The van der Waals surface area contributed by atoms with E-state index in [4.69, 9.17) is 0 Å². The summed E-state index contributed by atoms with van der Waals surface area (Å²) in [6.07, 6.45) is 4.21. The van der Waals surface area contributed by atoms with E-state index in [1.807, 2.05) is 11.6 Å². The third-order valence-electron chi connectivity index (χ3n) is 4.36. The van der Waals surface area contributed by atoms with Crippen LogP contribution in [0.2, 0.25) is 0 Å². The first-order chi connectivity index (χ1) is 9.61. The Balaban J connectivity index is 1.94. The van der Waals surface area contributed by atoms with Crippen LogP contribution >= 0.6 is 0 Å². The van der Waals surface area contributed by atoms with Gasteiger partial charge in [-0.05, 0) is 25.2 Å². The average molecular weight is 278 g/mol. The second-order valence-electron chi connectivity index (χ2n) is 5.77. The van der Waals surface area contributed by atoms with Crippen LogP contribution in [0.4, 0.5) is 0 Å². The molecule has 2 rings (SSSR count). The normalized spacial score (nSPS) is 23.4. The number of hydrogen-bond donors (Lipinski definition) is 1. The fraction of sp³-hybridized carbons (Fsp3) is 0.786. The van der Waals surface area contributed by atoms with Gasteiger partial charge in [-0.25, -0.2) is 0 Å². The molecule has 2 heterocycles. The van der Waals surface area contributed by atoms with Gasteiger partial charge in [-0.3, -0.25) is 4.99 Å². The highest BCUT2D eigenvalue weighted by molar-refractivity contribution is 5.80. The van der Waals surface area contributed by atoms with Gasteiger partial charge in [0.1, 0.15) is 6.33 Å². The molecule has 0 bridgehead atoms. The highest BCUT2D eigenvalue weighted by atomic mass is 15.3. The van der Waals surface area contributed by atoms with Crippen molar-refractivity contribution in [2.24, 2.45) is 10.4 Å². The summed E-state index contributed by atoms with van der Waals surface area (Å²) < 4.78 is 2.04. The molecule has 1 unspecified atom stereocenters. The van der Waals surface area contributed by atoms with Gasteiger partial charge in [0, 0.05) is 26.7 Å². The lowest BCUT2D eigenvalue weighted by atomic mass is 9.87. The fourth-order valence-electron chi connectivity index (χ4n) is 2.66. The van der Waals surface area contributed by atoms with Crippen LogP contribution < -0.4 is 5.32 Å². The molecule has 1 aliphatic heterocycles. The van der Waals surface area contributed by atoms with Crippen LogP contribution in [0.1, 0.15) is 39.4 Å². The number of nitrogens with zero attached hydrogens (tertiary/aromatic N) is 5. The van der Waals surface area contributed by atoms with Crippen molar-refractivity contribution in [2.45, 2.75) is 46.7 Å². The topological polar surface area (TPSA) is 58.3 Å². The van der Waals surface area contributed by atoms with E-state index in [0.29, 0.717) is 12.0 Å². The van der Waals surface area contributed by atoms with Crippen LogP contribution in [0.5, 0.6) is 0 Å². The molecule has 0 amide bonds. The monoisotopic (exact) mass is 278 g/mol. The largest absolute Gasteiger partial charge is 0.349 e. The lowest BCUT2D eigenvalue weighted by Gasteiger charge is -2.25. The first kappa shape index (κ1) is 14.8. The maximum atomic E-state index is 4.40. The Morgan fingerprint density at radius 2 is 2.30 bits per heavy atom. The number of hydrogen-bond acceptors (Lipinski definition) is 3. The summed E-state index contributed by atoms with van der Waals surface area (Å²) in [6, 6.07) is 0. The first-order valence-corrected chi connectivity index (χ1v) is 7.44. The lowest BCUT2D eigenvalue weighted by molar-refractivity contribution is 0.322. The standard InChI is InChI=1S/C14H26N6/c1-5-14(3)7-8-20(10-14)13(15-4)16-9-12-18-17-11-19(12)6-2/h11H,5-10H2,1-4H3,(H,15,16). The summed E-state index contributed by atoms with van der Waals surface area (Å²) >= 11 is 0. The van der Waals surface area contributed by atoms with E-state index in [9.17, 15) is 0 Å². The lowest BCUT2D eigenvalue weighted by Crippen LogP contribution is -2.41. The average Bonchev–Trinajstić information content (AvgIpc) is 3.07. The third kappa shape index (κ3) is 3.11. The minimum absolute atomic E-state index is 0.418. The van der Waals surface area contributed by atoms with Gasteiger partial charge >= 0.3 is 0 Å². The predicted octanol–water partition coefficient (Wildman–Crippen LogP) is 1.50. The van der Waals surface area contributed by atoms with E-state index in [0.717, 1.165) is 31.4 Å². The van der Waals surface area contributed by atoms with Crippen molar-refractivity contribution >= 4 is 5.96 Å². The van der Waals surface area contributed by atoms with Crippen LogP contribution in [-0.4, -0.2) is 45.8 Å². The molecule has 20 heavy (non-hydrogen) atoms. The molecule has 0 aromatic carbocycles. The zero-order valence-corrected chi connectivity index (χ0v) is 13.1. The molecule has 1 aromatic heterocycles. The minimum Gasteiger partial charge on any atom is -0.349 e. The molecule has 1 fully saturated rings. The Morgan fingerprint density at radius 3 is 2.90 bits per heavy atom. The van der Waals surface area contributed by atoms with E-state index in [1.54, 1.807) is 6.33 Å². The van der Waals surface area contributed by atoms with Gasteiger partial charge in [0.25, 0.3) is 0 Å². The molecule has 112 valence electrons. The number of rotatable bonds is 4. The number of likely N-dealkylation sites (tertiary alicyclic amines) is 1. The molecular formula is C14H26N6. The quantitative estimate of drug-likeness (QED) is 0.670. The molecule has 0 saturated carbocycles. The zero-order valence-electron chi connectivity index (χ0n) is 13.1. The zero-order chi connectivity index (χ0) is 14.6. The second-order valence-corrected chi connectivity index (χ2v) is 5.77.